The molecule has 168 valence electrons. The molecule has 0 saturated heterocycles. The van der Waals surface area contributed by atoms with Crippen molar-refractivity contribution < 1.29 is 0 Å². The van der Waals surface area contributed by atoms with E-state index in [1.807, 2.05) is 53.3 Å². The molecule has 2 aromatic heterocycles. The fraction of sp³-hybridized carbons (Fsp3) is 0. The molecule has 0 spiro atoms. The molecule has 0 fully saturated rings. The number of hydrogen-bond acceptors (Lipinski definition) is 1. The molecule has 5 aromatic carbocycles. The van der Waals surface area contributed by atoms with E-state index in [1.54, 1.807) is 0 Å². The molecule has 36 heavy (non-hydrogen) atoms. The SMILES string of the molecule is [C-]#[N+]c1ccc(-c2cccc(-n3c4ccccc4c4ccc5c(cnn5-c5ccccc5)c43)c2)cc1. The Bertz CT molecular complexity index is 1930. The van der Waals surface area contributed by atoms with Crippen molar-refractivity contribution in [2.75, 3.05) is 0 Å². The molecule has 0 aliphatic rings. The third kappa shape index (κ3) is 3.04. The van der Waals surface area contributed by atoms with E-state index >= 15 is 0 Å². The zero-order valence-electron chi connectivity index (χ0n) is 19.3. The average Bonchev–Trinajstić information content (AvgIpc) is 3.53. The molecule has 0 atom stereocenters. The summed E-state index contributed by atoms with van der Waals surface area (Å²) in [7, 11) is 0. The van der Waals surface area contributed by atoms with E-state index in [0.29, 0.717) is 5.69 Å². The normalized spacial score (nSPS) is 11.3. The van der Waals surface area contributed by atoms with Crippen LogP contribution in [0.4, 0.5) is 5.69 Å². The molecule has 4 heteroatoms. The van der Waals surface area contributed by atoms with E-state index in [1.165, 1.54) is 10.8 Å². The second kappa shape index (κ2) is 7.97. The van der Waals surface area contributed by atoms with Crippen molar-refractivity contribution in [1.82, 2.24) is 14.3 Å². The Balaban J connectivity index is 1.51. The second-order valence-electron chi connectivity index (χ2n) is 8.85. The quantitative estimate of drug-likeness (QED) is 0.243. The maximum absolute atomic E-state index is 7.24. The summed E-state index contributed by atoms with van der Waals surface area (Å²) in [5.74, 6) is 0. The zero-order valence-corrected chi connectivity index (χ0v) is 19.3. The summed E-state index contributed by atoms with van der Waals surface area (Å²) in [4.78, 5) is 3.52. The average molecular weight is 461 g/mol. The highest BCUT2D eigenvalue weighted by Gasteiger charge is 2.17. The molecule has 0 saturated carbocycles. The Kier molecular flexibility index (Phi) is 4.48. The topological polar surface area (TPSA) is 27.1 Å². The second-order valence-corrected chi connectivity index (χ2v) is 8.85. The van der Waals surface area contributed by atoms with Gasteiger partial charge in [-0.1, -0.05) is 72.8 Å². The molecule has 0 unspecified atom stereocenters. The molecule has 0 bridgehead atoms. The first-order chi connectivity index (χ1) is 17.8. The van der Waals surface area contributed by atoms with Crippen LogP contribution in [-0.2, 0) is 0 Å². The third-order valence-electron chi connectivity index (χ3n) is 6.82. The van der Waals surface area contributed by atoms with Gasteiger partial charge in [0.05, 0.1) is 35.0 Å². The number of fused-ring (bicyclic) bond motifs is 5. The Morgan fingerprint density at radius 1 is 0.583 bits per heavy atom. The molecule has 0 aliphatic heterocycles. The van der Waals surface area contributed by atoms with Crippen LogP contribution >= 0.6 is 0 Å². The van der Waals surface area contributed by atoms with E-state index in [2.05, 4.69) is 82.2 Å². The maximum atomic E-state index is 7.24. The highest BCUT2D eigenvalue weighted by atomic mass is 15.3. The standard InChI is InChI=1S/C32H20N4/c1-33-24-16-14-22(15-17-24)23-8-7-11-26(20-23)35-30-13-6-5-12-27(30)28-18-19-31-29(32(28)35)21-34-36(31)25-9-3-2-4-10-25/h2-21H. The molecule has 0 N–H and O–H groups in total. The third-order valence-corrected chi connectivity index (χ3v) is 6.82. The largest absolute Gasteiger partial charge is 0.308 e. The molecule has 7 aromatic rings. The number of aromatic nitrogens is 3. The molecule has 0 amide bonds. The molecule has 4 nitrogen and oxygen atoms in total. The lowest BCUT2D eigenvalue weighted by molar-refractivity contribution is 0.911. The van der Waals surface area contributed by atoms with Gasteiger partial charge in [0, 0.05) is 21.8 Å². The van der Waals surface area contributed by atoms with E-state index in [-0.39, 0.29) is 0 Å². The molecular formula is C32H20N4. The van der Waals surface area contributed by atoms with Gasteiger partial charge in [-0.15, -0.1) is 0 Å². The van der Waals surface area contributed by atoms with Crippen LogP contribution < -0.4 is 0 Å². The maximum Gasteiger partial charge on any atom is 0.187 e. The van der Waals surface area contributed by atoms with E-state index in [4.69, 9.17) is 11.7 Å². The Morgan fingerprint density at radius 3 is 2.19 bits per heavy atom. The van der Waals surface area contributed by atoms with Crippen molar-refractivity contribution in [2.24, 2.45) is 0 Å². The highest BCUT2D eigenvalue weighted by Crippen LogP contribution is 2.37. The van der Waals surface area contributed by atoms with Crippen LogP contribution in [0.2, 0.25) is 0 Å². The minimum atomic E-state index is 0.648. The first-order valence-corrected chi connectivity index (χ1v) is 11.9. The lowest BCUT2D eigenvalue weighted by Gasteiger charge is -2.11. The van der Waals surface area contributed by atoms with Crippen molar-refractivity contribution in [3.05, 3.63) is 133 Å². The summed E-state index contributed by atoms with van der Waals surface area (Å²) in [6.07, 6.45) is 1.98. The van der Waals surface area contributed by atoms with Crippen LogP contribution in [0, 0.1) is 6.57 Å². The van der Waals surface area contributed by atoms with Gasteiger partial charge < -0.3 is 4.57 Å². The Hall–Kier alpha value is -5.14. The van der Waals surface area contributed by atoms with Crippen LogP contribution in [0.15, 0.2) is 121 Å². The van der Waals surface area contributed by atoms with Crippen molar-refractivity contribution in [2.45, 2.75) is 0 Å². The highest BCUT2D eigenvalue weighted by molar-refractivity contribution is 6.18. The molecule has 0 radical (unpaired) electrons. The first kappa shape index (κ1) is 20.3. The van der Waals surface area contributed by atoms with Gasteiger partial charge in [0.15, 0.2) is 5.69 Å². The number of para-hydroxylation sites is 2. The zero-order chi connectivity index (χ0) is 24.1. The van der Waals surface area contributed by atoms with Gasteiger partial charge in [0.25, 0.3) is 0 Å². The van der Waals surface area contributed by atoms with Crippen molar-refractivity contribution >= 4 is 38.4 Å². The summed E-state index contributed by atoms with van der Waals surface area (Å²) in [6, 6.07) is 39.6. The molecule has 0 aliphatic carbocycles. The van der Waals surface area contributed by atoms with Crippen LogP contribution in [0.25, 0.3) is 60.1 Å². The molecule has 7 rings (SSSR count). The number of benzene rings is 5. The monoisotopic (exact) mass is 460 g/mol. The predicted molar refractivity (Wildman–Crippen MR) is 147 cm³/mol. The van der Waals surface area contributed by atoms with Crippen LogP contribution in [0.5, 0.6) is 0 Å². The van der Waals surface area contributed by atoms with Gasteiger partial charge in [-0.3, -0.25) is 0 Å². The van der Waals surface area contributed by atoms with E-state index < -0.39 is 0 Å². The minimum Gasteiger partial charge on any atom is -0.308 e. The van der Waals surface area contributed by atoms with Crippen molar-refractivity contribution in [1.29, 1.82) is 0 Å². The van der Waals surface area contributed by atoms with Gasteiger partial charge in [0.2, 0.25) is 0 Å². The van der Waals surface area contributed by atoms with Gasteiger partial charge in [-0.25, -0.2) is 9.53 Å². The number of nitrogens with zero attached hydrogens (tertiary/aromatic N) is 4. The molecule has 2 heterocycles. The summed E-state index contributed by atoms with van der Waals surface area (Å²) in [6.45, 7) is 7.24. The lowest BCUT2D eigenvalue weighted by atomic mass is 10.0. The van der Waals surface area contributed by atoms with Crippen LogP contribution in [0.3, 0.4) is 0 Å². The summed E-state index contributed by atoms with van der Waals surface area (Å²) < 4.78 is 4.35. The summed E-state index contributed by atoms with van der Waals surface area (Å²) in [5.41, 5.74) is 8.37. The number of hydrogen-bond donors (Lipinski definition) is 0. The van der Waals surface area contributed by atoms with Gasteiger partial charge >= 0.3 is 0 Å². The van der Waals surface area contributed by atoms with Crippen LogP contribution in [-0.4, -0.2) is 14.3 Å². The van der Waals surface area contributed by atoms with Gasteiger partial charge in [-0.05, 0) is 53.6 Å². The van der Waals surface area contributed by atoms with E-state index in [0.717, 1.165) is 44.4 Å². The molecular weight excluding hydrogens is 440 g/mol. The van der Waals surface area contributed by atoms with Crippen LogP contribution in [0.1, 0.15) is 0 Å². The minimum absolute atomic E-state index is 0.648. The van der Waals surface area contributed by atoms with Crippen molar-refractivity contribution in [3.8, 4) is 22.5 Å². The lowest BCUT2D eigenvalue weighted by Crippen LogP contribution is -1.96. The number of rotatable bonds is 3. The Labute approximate surface area is 208 Å². The first-order valence-electron chi connectivity index (χ1n) is 11.9. The van der Waals surface area contributed by atoms with Gasteiger partial charge in [-0.2, -0.15) is 5.10 Å². The van der Waals surface area contributed by atoms with Crippen molar-refractivity contribution in [3.63, 3.8) is 0 Å². The fourth-order valence-electron chi connectivity index (χ4n) is 5.16. The summed E-state index contributed by atoms with van der Waals surface area (Å²) >= 11 is 0. The fourth-order valence-corrected chi connectivity index (χ4v) is 5.16. The van der Waals surface area contributed by atoms with Gasteiger partial charge in [0.1, 0.15) is 0 Å². The summed E-state index contributed by atoms with van der Waals surface area (Å²) in [5, 5.41) is 8.31. The predicted octanol–water partition coefficient (Wildman–Crippen LogP) is 8.34. The smallest absolute Gasteiger partial charge is 0.187 e. The van der Waals surface area contributed by atoms with E-state index in [9.17, 15) is 0 Å². The Morgan fingerprint density at radius 2 is 1.36 bits per heavy atom.